The molecule has 0 bridgehead atoms. The molecule has 0 aliphatic carbocycles. The zero-order valence-corrected chi connectivity index (χ0v) is 10.6. The van der Waals surface area contributed by atoms with Gasteiger partial charge < -0.3 is 9.47 Å². The van der Waals surface area contributed by atoms with Gasteiger partial charge in [-0.3, -0.25) is 10.1 Å². The highest BCUT2D eigenvalue weighted by Crippen LogP contribution is 2.18. The van der Waals surface area contributed by atoms with Crippen LogP contribution in [0.1, 0.15) is 24.2 Å². The van der Waals surface area contributed by atoms with Crippen LogP contribution in [0, 0.1) is 15.9 Å². The molecule has 1 aromatic carbocycles. The lowest BCUT2D eigenvalue weighted by Gasteiger charge is -2.13. The number of carbonyl (C=O) groups excluding carboxylic acids is 1. The smallest absolute Gasteiger partial charge is 0.341 e. The van der Waals surface area contributed by atoms with E-state index in [0.717, 1.165) is 18.2 Å². The number of nitrogens with zero attached hydrogens (tertiary/aromatic N) is 1. The average molecular weight is 271 g/mol. The summed E-state index contributed by atoms with van der Waals surface area (Å²) < 4.78 is 23.4. The fourth-order valence-corrected chi connectivity index (χ4v) is 1.35. The Morgan fingerprint density at radius 1 is 1.53 bits per heavy atom. The Morgan fingerprint density at radius 2 is 2.21 bits per heavy atom. The topological polar surface area (TPSA) is 78.7 Å². The van der Waals surface area contributed by atoms with Gasteiger partial charge in [-0.15, -0.1) is 0 Å². The van der Waals surface area contributed by atoms with Crippen LogP contribution in [-0.2, 0) is 9.47 Å². The molecule has 1 aromatic rings. The fraction of sp³-hybridized carbons (Fsp3) is 0.417. The molecule has 0 saturated carbocycles. The lowest BCUT2D eigenvalue weighted by atomic mass is 10.2. The van der Waals surface area contributed by atoms with Crippen LogP contribution in [0.3, 0.4) is 0 Å². The van der Waals surface area contributed by atoms with Gasteiger partial charge in [0.1, 0.15) is 17.5 Å². The number of rotatable bonds is 6. The SMILES string of the molecule is CCOCC(C)OC(=O)c1cc([N+](=O)[O-])ccc1F. The van der Waals surface area contributed by atoms with Crippen LogP contribution < -0.4 is 0 Å². The van der Waals surface area contributed by atoms with Crippen LogP contribution in [0.5, 0.6) is 0 Å². The molecule has 0 N–H and O–H groups in total. The maximum atomic E-state index is 13.4. The van der Waals surface area contributed by atoms with Crippen molar-refractivity contribution in [3.8, 4) is 0 Å². The summed E-state index contributed by atoms with van der Waals surface area (Å²) in [6.45, 7) is 4.02. The normalized spacial score (nSPS) is 11.9. The zero-order valence-electron chi connectivity index (χ0n) is 10.6. The Labute approximate surface area is 109 Å². The van der Waals surface area contributed by atoms with E-state index in [1.54, 1.807) is 13.8 Å². The summed E-state index contributed by atoms with van der Waals surface area (Å²) in [4.78, 5) is 21.5. The second kappa shape index (κ2) is 6.79. The predicted molar refractivity (Wildman–Crippen MR) is 64.4 cm³/mol. The van der Waals surface area contributed by atoms with Gasteiger partial charge in [-0.1, -0.05) is 0 Å². The van der Waals surface area contributed by atoms with Crippen LogP contribution in [0.4, 0.5) is 10.1 Å². The van der Waals surface area contributed by atoms with Gasteiger partial charge in [0.05, 0.1) is 11.5 Å². The molecule has 6 nitrogen and oxygen atoms in total. The Hall–Kier alpha value is -2.02. The first-order valence-corrected chi connectivity index (χ1v) is 5.68. The molecule has 0 fully saturated rings. The van der Waals surface area contributed by atoms with Crippen LogP contribution in [-0.4, -0.2) is 30.2 Å². The predicted octanol–water partition coefficient (Wildman–Crippen LogP) is 2.32. The van der Waals surface area contributed by atoms with E-state index in [2.05, 4.69) is 0 Å². The number of nitro benzene ring substituents is 1. The molecule has 0 spiro atoms. The van der Waals surface area contributed by atoms with Crippen molar-refractivity contribution in [1.29, 1.82) is 0 Å². The molecule has 0 saturated heterocycles. The molecule has 0 heterocycles. The van der Waals surface area contributed by atoms with Crippen LogP contribution in [0.2, 0.25) is 0 Å². The first-order valence-electron chi connectivity index (χ1n) is 5.68. The highest BCUT2D eigenvalue weighted by Gasteiger charge is 2.20. The van der Waals surface area contributed by atoms with Gasteiger partial charge in [0.15, 0.2) is 0 Å². The summed E-state index contributed by atoms with van der Waals surface area (Å²) in [5.74, 6) is -1.81. The van der Waals surface area contributed by atoms with Gasteiger partial charge in [-0.25, -0.2) is 9.18 Å². The zero-order chi connectivity index (χ0) is 14.4. The van der Waals surface area contributed by atoms with E-state index in [-0.39, 0.29) is 12.3 Å². The van der Waals surface area contributed by atoms with Gasteiger partial charge in [0.2, 0.25) is 0 Å². The van der Waals surface area contributed by atoms with E-state index in [0.29, 0.717) is 6.61 Å². The number of benzene rings is 1. The number of non-ortho nitro benzene ring substituents is 1. The minimum atomic E-state index is -0.951. The summed E-state index contributed by atoms with van der Waals surface area (Å²) in [6, 6.07) is 2.70. The number of ether oxygens (including phenoxy) is 2. The number of halogens is 1. The van der Waals surface area contributed by atoms with E-state index in [1.807, 2.05) is 0 Å². The molecule has 0 aromatic heterocycles. The van der Waals surface area contributed by atoms with Crippen LogP contribution >= 0.6 is 0 Å². The summed E-state index contributed by atoms with van der Waals surface area (Å²) in [6.07, 6.45) is -0.564. The third kappa shape index (κ3) is 4.29. The number of carbonyl (C=O) groups is 1. The fourth-order valence-electron chi connectivity index (χ4n) is 1.35. The van der Waals surface area contributed by atoms with E-state index in [4.69, 9.17) is 9.47 Å². The standard InChI is InChI=1S/C12H14FNO5/c1-3-18-7-8(2)19-12(15)10-6-9(14(16)17)4-5-11(10)13/h4-6,8H,3,7H2,1-2H3. The van der Waals surface area contributed by atoms with Gasteiger partial charge in [0, 0.05) is 18.7 Å². The molecule has 0 aliphatic heterocycles. The van der Waals surface area contributed by atoms with Crippen LogP contribution in [0.15, 0.2) is 18.2 Å². The number of nitro groups is 1. The Kier molecular flexibility index (Phi) is 5.37. The summed E-state index contributed by atoms with van der Waals surface area (Å²) in [5.41, 5.74) is -0.830. The third-order valence-electron chi connectivity index (χ3n) is 2.25. The van der Waals surface area contributed by atoms with E-state index >= 15 is 0 Å². The molecule has 1 rings (SSSR count). The van der Waals surface area contributed by atoms with Gasteiger partial charge in [-0.2, -0.15) is 0 Å². The number of hydrogen-bond donors (Lipinski definition) is 0. The second-order valence-corrected chi connectivity index (χ2v) is 3.80. The molecule has 19 heavy (non-hydrogen) atoms. The highest BCUT2D eigenvalue weighted by atomic mass is 19.1. The van der Waals surface area contributed by atoms with Crippen molar-refractivity contribution >= 4 is 11.7 Å². The second-order valence-electron chi connectivity index (χ2n) is 3.80. The molecule has 0 amide bonds. The lowest BCUT2D eigenvalue weighted by molar-refractivity contribution is -0.384. The van der Waals surface area contributed by atoms with Gasteiger partial charge >= 0.3 is 5.97 Å². The molecular weight excluding hydrogens is 257 g/mol. The number of hydrogen-bond acceptors (Lipinski definition) is 5. The molecule has 1 unspecified atom stereocenters. The van der Waals surface area contributed by atoms with Crippen molar-refractivity contribution in [2.24, 2.45) is 0 Å². The van der Waals surface area contributed by atoms with Crippen molar-refractivity contribution in [2.45, 2.75) is 20.0 Å². The minimum absolute atomic E-state index is 0.179. The monoisotopic (exact) mass is 271 g/mol. The van der Waals surface area contributed by atoms with E-state index in [9.17, 15) is 19.3 Å². The molecule has 104 valence electrons. The van der Waals surface area contributed by atoms with E-state index in [1.165, 1.54) is 0 Å². The number of esters is 1. The summed E-state index contributed by atoms with van der Waals surface area (Å²) in [5, 5.41) is 10.6. The Morgan fingerprint density at radius 3 is 2.79 bits per heavy atom. The quantitative estimate of drug-likeness (QED) is 0.450. The summed E-state index contributed by atoms with van der Waals surface area (Å²) >= 11 is 0. The molecule has 1 atom stereocenters. The van der Waals surface area contributed by atoms with Crippen molar-refractivity contribution in [2.75, 3.05) is 13.2 Å². The lowest BCUT2D eigenvalue weighted by Crippen LogP contribution is -2.21. The Balaban J connectivity index is 2.81. The van der Waals surface area contributed by atoms with Crippen molar-refractivity contribution in [1.82, 2.24) is 0 Å². The third-order valence-corrected chi connectivity index (χ3v) is 2.25. The van der Waals surface area contributed by atoms with Crippen molar-refractivity contribution < 1.29 is 23.6 Å². The summed E-state index contributed by atoms with van der Waals surface area (Å²) in [7, 11) is 0. The van der Waals surface area contributed by atoms with E-state index < -0.39 is 28.4 Å². The molecule has 7 heteroatoms. The minimum Gasteiger partial charge on any atom is -0.457 e. The maximum absolute atomic E-state index is 13.4. The first-order chi connectivity index (χ1) is 8.95. The first kappa shape index (κ1) is 15.0. The molecule has 0 aliphatic rings. The maximum Gasteiger partial charge on any atom is 0.341 e. The van der Waals surface area contributed by atoms with Gasteiger partial charge in [-0.05, 0) is 19.9 Å². The van der Waals surface area contributed by atoms with Crippen molar-refractivity contribution in [3.63, 3.8) is 0 Å². The van der Waals surface area contributed by atoms with Gasteiger partial charge in [0.25, 0.3) is 5.69 Å². The van der Waals surface area contributed by atoms with Crippen LogP contribution in [0.25, 0.3) is 0 Å². The largest absolute Gasteiger partial charge is 0.457 e. The average Bonchev–Trinajstić information content (AvgIpc) is 2.36. The Bertz CT molecular complexity index is 477. The van der Waals surface area contributed by atoms with Crippen molar-refractivity contribution in [3.05, 3.63) is 39.7 Å². The molecule has 0 radical (unpaired) electrons. The highest BCUT2D eigenvalue weighted by molar-refractivity contribution is 5.90. The molecular formula is C12H14FNO5.